The van der Waals surface area contributed by atoms with Crippen molar-refractivity contribution >= 4 is 34.6 Å². The van der Waals surface area contributed by atoms with Crippen LogP contribution in [0.1, 0.15) is 10.5 Å². The van der Waals surface area contributed by atoms with Crippen LogP contribution in [0.15, 0.2) is 36.5 Å². The Balaban J connectivity index is 2.18. The molecule has 8 heteroatoms. The third kappa shape index (κ3) is 3.01. The smallest absolute Gasteiger partial charge is 0.288 e. The van der Waals surface area contributed by atoms with Crippen molar-refractivity contribution in [2.45, 2.75) is 0 Å². The van der Waals surface area contributed by atoms with Crippen molar-refractivity contribution in [2.24, 2.45) is 0 Å². The Morgan fingerprint density at radius 3 is 2.65 bits per heavy atom. The van der Waals surface area contributed by atoms with Crippen molar-refractivity contribution in [3.8, 4) is 0 Å². The van der Waals surface area contributed by atoms with Gasteiger partial charge in [0, 0.05) is 11.8 Å². The fraction of sp³-hybridized carbons (Fsp3) is 0. The summed E-state index contributed by atoms with van der Waals surface area (Å²) in [4.78, 5) is 25.7. The number of rotatable bonds is 3. The molecule has 0 spiro atoms. The number of nitrogen functional groups attached to an aromatic ring is 1. The van der Waals surface area contributed by atoms with Crippen LogP contribution in [-0.4, -0.2) is 15.8 Å². The summed E-state index contributed by atoms with van der Waals surface area (Å²) in [6, 6.07) is 6.92. The van der Waals surface area contributed by atoms with E-state index in [1.54, 1.807) is 6.07 Å². The number of pyridine rings is 1. The minimum Gasteiger partial charge on any atom is -0.397 e. The Morgan fingerprint density at radius 2 is 2.10 bits per heavy atom. The van der Waals surface area contributed by atoms with Crippen LogP contribution in [0.2, 0.25) is 5.02 Å². The fourth-order valence-corrected chi connectivity index (χ4v) is 1.72. The molecule has 1 amide bonds. The van der Waals surface area contributed by atoms with Crippen LogP contribution < -0.4 is 11.1 Å². The highest BCUT2D eigenvalue weighted by Gasteiger charge is 2.14. The zero-order chi connectivity index (χ0) is 14.7. The summed E-state index contributed by atoms with van der Waals surface area (Å²) in [6.07, 6.45) is 1.36. The Kier molecular flexibility index (Phi) is 3.81. The number of nitrogens with two attached hydrogens (primary N) is 1. The van der Waals surface area contributed by atoms with Crippen LogP contribution >= 0.6 is 11.6 Å². The van der Waals surface area contributed by atoms with Crippen LogP contribution in [0.25, 0.3) is 0 Å². The van der Waals surface area contributed by atoms with Gasteiger partial charge < -0.3 is 11.1 Å². The number of carbonyl (C=O) groups excluding carboxylic acids is 1. The molecule has 0 saturated carbocycles. The number of hydrogen-bond acceptors (Lipinski definition) is 5. The number of carbonyl (C=O) groups is 1. The van der Waals surface area contributed by atoms with Crippen LogP contribution in [0.5, 0.6) is 0 Å². The van der Waals surface area contributed by atoms with Gasteiger partial charge in [-0.2, -0.15) is 0 Å². The molecule has 7 nitrogen and oxygen atoms in total. The number of anilines is 2. The molecule has 0 saturated heterocycles. The van der Waals surface area contributed by atoms with Crippen molar-refractivity contribution in [3.63, 3.8) is 0 Å². The number of hydrogen-bond donors (Lipinski definition) is 2. The minimum absolute atomic E-state index is 0.0573. The van der Waals surface area contributed by atoms with Crippen molar-refractivity contribution in [1.82, 2.24) is 4.98 Å². The standard InChI is InChI=1S/C12H9ClN4O3/c13-9-5-8(2-4-11(9)17(19)20)16-12(18)10-3-1-7(14)6-15-10/h1-6H,14H2,(H,16,18). The van der Waals surface area contributed by atoms with E-state index in [2.05, 4.69) is 10.3 Å². The molecule has 3 N–H and O–H groups in total. The summed E-state index contributed by atoms with van der Waals surface area (Å²) in [5, 5.41) is 13.1. The third-order valence-corrected chi connectivity index (χ3v) is 2.72. The molecule has 1 heterocycles. The molecule has 2 rings (SSSR count). The van der Waals surface area contributed by atoms with Gasteiger partial charge >= 0.3 is 0 Å². The van der Waals surface area contributed by atoms with Gasteiger partial charge in [-0.25, -0.2) is 4.98 Å². The second-order valence-electron chi connectivity index (χ2n) is 3.85. The maximum atomic E-state index is 11.9. The van der Waals surface area contributed by atoms with E-state index in [0.717, 1.165) is 0 Å². The first kappa shape index (κ1) is 13.8. The predicted octanol–water partition coefficient (Wildman–Crippen LogP) is 2.48. The molecule has 0 bridgehead atoms. The lowest BCUT2D eigenvalue weighted by molar-refractivity contribution is -0.384. The first-order valence-electron chi connectivity index (χ1n) is 5.44. The number of amides is 1. The predicted molar refractivity (Wildman–Crippen MR) is 74.7 cm³/mol. The average Bonchev–Trinajstić information content (AvgIpc) is 2.39. The highest BCUT2D eigenvalue weighted by molar-refractivity contribution is 6.33. The van der Waals surface area contributed by atoms with Gasteiger partial charge in [0.25, 0.3) is 11.6 Å². The first-order valence-corrected chi connectivity index (χ1v) is 5.82. The maximum Gasteiger partial charge on any atom is 0.288 e. The van der Waals surface area contributed by atoms with Gasteiger partial charge in [0.2, 0.25) is 0 Å². The molecule has 102 valence electrons. The topological polar surface area (TPSA) is 111 Å². The average molecular weight is 293 g/mol. The molecule has 20 heavy (non-hydrogen) atoms. The Labute approximate surface area is 118 Å². The number of nitro benzene ring substituents is 1. The summed E-state index contributed by atoms with van der Waals surface area (Å²) >= 11 is 5.75. The van der Waals surface area contributed by atoms with E-state index in [1.165, 1.54) is 30.5 Å². The summed E-state index contributed by atoms with van der Waals surface area (Å²) in [5.74, 6) is -0.463. The van der Waals surface area contributed by atoms with Crippen LogP contribution in [0.4, 0.5) is 17.1 Å². The van der Waals surface area contributed by atoms with E-state index in [9.17, 15) is 14.9 Å². The lowest BCUT2D eigenvalue weighted by Gasteiger charge is -2.05. The van der Waals surface area contributed by atoms with E-state index in [0.29, 0.717) is 11.4 Å². The molecule has 1 aromatic heterocycles. The largest absolute Gasteiger partial charge is 0.397 e. The molecule has 0 aliphatic carbocycles. The van der Waals surface area contributed by atoms with E-state index >= 15 is 0 Å². The second-order valence-corrected chi connectivity index (χ2v) is 4.26. The Hall–Kier alpha value is -2.67. The van der Waals surface area contributed by atoms with Gasteiger partial charge in [0.1, 0.15) is 10.7 Å². The van der Waals surface area contributed by atoms with Crippen molar-refractivity contribution in [3.05, 3.63) is 57.4 Å². The lowest BCUT2D eigenvalue weighted by atomic mass is 10.2. The highest BCUT2D eigenvalue weighted by Crippen LogP contribution is 2.27. The number of aromatic nitrogens is 1. The third-order valence-electron chi connectivity index (χ3n) is 2.42. The van der Waals surface area contributed by atoms with Crippen LogP contribution in [-0.2, 0) is 0 Å². The molecule has 2 aromatic rings. The summed E-state index contributed by atoms with van der Waals surface area (Å²) < 4.78 is 0. The van der Waals surface area contributed by atoms with Gasteiger partial charge in [-0.05, 0) is 24.3 Å². The first-order chi connectivity index (χ1) is 9.47. The van der Waals surface area contributed by atoms with E-state index < -0.39 is 10.8 Å². The zero-order valence-electron chi connectivity index (χ0n) is 10.0. The molecule has 0 atom stereocenters. The molecule has 0 radical (unpaired) electrons. The normalized spacial score (nSPS) is 10.1. The Bertz CT molecular complexity index is 673. The van der Waals surface area contributed by atoms with Gasteiger partial charge in [-0.1, -0.05) is 11.6 Å². The lowest BCUT2D eigenvalue weighted by Crippen LogP contribution is -2.13. The van der Waals surface area contributed by atoms with Crippen molar-refractivity contribution in [1.29, 1.82) is 0 Å². The van der Waals surface area contributed by atoms with E-state index in [1.807, 2.05) is 0 Å². The molecule has 0 aliphatic heterocycles. The van der Waals surface area contributed by atoms with Gasteiger partial charge in [-0.15, -0.1) is 0 Å². The highest BCUT2D eigenvalue weighted by atomic mass is 35.5. The summed E-state index contributed by atoms with van der Waals surface area (Å²) in [6.45, 7) is 0. The molecule has 0 unspecified atom stereocenters. The molecular weight excluding hydrogens is 284 g/mol. The monoisotopic (exact) mass is 292 g/mol. The van der Waals surface area contributed by atoms with Gasteiger partial charge in [0.15, 0.2) is 0 Å². The van der Waals surface area contributed by atoms with Crippen LogP contribution in [0, 0.1) is 10.1 Å². The molecule has 0 fully saturated rings. The minimum atomic E-state index is -0.602. The number of nitrogens with one attached hydrogen (secondary N) is 1. The number of benzene rings is 1. The number of nitrogens with zero attached hydrogens (tertiary/aromatic N) is 2. The fourth-order valence-electron chi connectivity index (χ4n) is 1.47. The van der Waals surface area contributed by atoms with E-state index in [4.69, 9.17) is 17.3 Å². The quantitative estimate of drug-likeness (QED) is 0.667. The summed E-state index contributed by atoms with van der Waals surface area (Å²) in [5.41, 5.74) is 6.20. The number of halogens is 1. The van der Waals surface area contributed by atoms with Crippen molar-refractivity contribution in [2.75, 3.05) is 11.1 Å². The molecule has 0 aliphatic rings. The summed E-state index contributed by atoms with van der Waals surface area (Å²) in [7, 11) is 0. The zero-order valence-corrected chi connectivity index (χ0v) is 10.8. The molecular formula is C12H9ClN4O3. The van der Waals surface area contributed by atoms with Crippen molar-refractivity contribution < 1.29 is 9.72 Å². The van der Waals surface area contributed by atoms with Crippen LogP contribution in [0.3, 0.4) is 0 Å². The van der Waals surface area contributed by atoms with E-state index in [-0.39, 0.29) is 16.4 Å². The SMILES string of the molecule is Nc1ccc(C(=O)Nc2ccc([N+](=O)[O-])c(Cl)c2)nc1. The Morgan fingerprint density at radius 1 is 1.35 bits per heavy atom. The van der Waals surface area contributed by atoms with Gasteiger partial charge in [0.05, 0.1) is 16.8 Å². The number of nitro groups is 1. The molecule has 1 aromatic carbocycles. The van der Waals surface area contributed by atoms with Gasteiger partial charge in [-0.3, -0.25) is 14.9 Å². The maximum absolute atomic E-state index is 11.9. The second kappa shape index (κ2) is 5.54.